The van der Waals surface area contributed by atoms with Crippen molar-refractivity contribution in [3.63, 3.8) is 0 Å². The van der Waals surface area contributed by atoms with E-state index in [1.54, 1.807) is 24.3 Å². The number of halogens is 1. The van der Waals surface area contributed by atoms with Crippen LogP contribution in [0, 0.1) is 5.92 Å². The summed E-state index contributed by atoms with van der Waals surface area (Å²) in [5.74, 6) is -2.22. The molecule has 2 amide bonds. The number of carboxylic acids is 1. The van der Waals surface area contributed by atoms with Crippen LogP contribution in [0.4, 0.5) is 5.69 Å². The Morgan fingerprint density at radius 3 is 2.75 bits per heavy atom. The number of anilines is 1. The molecule has 130 valence electrons. The molecular weight excluding hydrogens is 332 g/mol. The minimum absolute atomic E-state index is 0.0528. The number of carbonyl (C=O) groups excluding carboxylic acids is 2. The third-order valence-electron chi connectivity index (χ3n) is 4.10. The highest BCUT2D eigenvalue weighted by Crippen LogP contribution is 2.31. The van der Waals surface area contributed by atoms with Crippen LogP contribution >= 0.6 is 11.6 Å². The van der Waals surface area contributed by atoms with Crippen LogP contribution in [-0.2, 0) is 14.4 Å². The Morgan fingerprint density at radius 1 is 1.42 bits per heavy atom. The number of amides is 2. The minimum atomic E-state index is -1.05. The molecule has 0 bridgehead atoms. The monoisotopic (exact) mass is 352 g/mol. The zero-order valence-electron chi connectivity index (χ0n) is 13.5. The maximum atomic E-state index is 12.3. The molecule has 1 fully saturated rings. The first-order valence-corrected chi connectivity index (χ1v) is 8.40. The lowest BCUT2D eigenvalue weighted by Crippen LogP contribution is -2.44. The summed E-state index contributed by atoms with van der Waals surface area (Å²) in [5, 5.41) is 12.2. The molecule has 2 rings (SSSR count). The van der Waals surface area contributed by atoms with Crippen molar-refractivity contribution < 1.29 is 19.5 Å². The van der Waals surface area contributed by atoms with Crippen molar-refractivity contribution in [1.82, 2.24) is 5.32 Å². The first-order valence-electron chi connectivity index (χ1n) is 8.02. The Balaban J connectivity index is 2.03. The number of hydrogen-bond donors (Lipinski definition) is 2. The van der Waals surface area contributed by atoms with Crippen LogP contribution in [0.2, 0.25) is 5.02 Å². The fraction of sp³-hybridized carbons (Fsp3) is 0.471. The Bertz CT molecular complexity index is 635. The van der Waals surface area contributed by atoms with Crippen LogP contribution in [0.25, 0.3) is 0 Å². The lowest BCUT2D eigenvalue weighted by molar-refractivity contribution is -0.142. The van der Waals surface area contributed by atoms with Crippen LogP contribution in [0.5, 0.6) is 0 Å². The molecule has 1 saturated heterocycles. The van der Waals surface area contributed by atoms with Crippen molar-refractivity contribution in [1.29, 1.82) is 0 Å². The summed E-state index contributed by atoms with van der Waals surface area (Å²) in [6.07, 6.45) is 2.00. The smallest absolute Gasteiger partial charge is 0.326 e. The summed E-state index contributed by atoms with van der Waals surface area (Å²) in [7, 11) is 0. The number of hydrogen-bond acceptors (Lipinski definition) is 3. The summed E-state index contributed by atoms with van der Waals surface area (Å²) >= 11 is 6.11. The van der Waals surface area contributed by atoms with Gasteiger partial charge in [-0.15, -0.1) is 0 Å². The van der Waals surface area contributed by atoms with Gasteiger partial charge in [-0.25, -0.2) is 4.79 Å². The SMILES string of the molecule is CCCC[C@H](NC(=O)C1CC(=O)N(c2ccccc2Cl)C1)C(=O)O. The third-order valence-corrected chi connectivity index (χ3v) is 4.42. The minimum Gasteiger partial charge on any atom is -0.480 e. The van der Waals surface area contributed by atoms with Gasteiger partial charge in [0.05, 0.1) is 16.6 Å². The number of aliphatic carboxylic acids is 1. The van der Waals surface area contributed by atoms with Gasteiger partial charge in [0.15, 0.2) is 0 Å². The summed E-state index contributed by atoms with van der Waals surface area (Å²) in [5.41, 5.74) is 0.570. The Morgan fingerprint density at radius 2 is 2.12 bits per heavy atom. The van der Waals surface area contributed by atoms with Gasteiger partial charge in [-0.05, 0) is 18.6 Å². The normalized spacial score (nSPS) is 18.5. The number of nitrogens with one attached hydrogen (secondary N) is 1. The van der Waals surface area contributed by atoms with E-state index in [0.717, 1.165) is 6.42 Å². The van der Waals surface area contributed by atoms with Crippen molar-refractivity contribution in [3.05, 3.63) is 29.3 Å². The standard InChI is InChI=1S/C17H21ClN2O4/c1-2-3-7-13(17(23)24)19-16(22)11-9-15(21)20(10-11)14-8-5-4-6-12(14)18/h4-6,8,11,13H,2-3,7,9-10H2,1H3,(H,19,22)(H,23,24)/t11?,13-/m0/s1. The average molecular weight is 353 g/mol. The fourth-order valence-electron chi connectivity index (χ4n) is 2.74. The van der Waals surface area contributed by atoms with E-state index in [0.29, 0.717) is 23.6 Å². The summed E-state index contributed by atoms with van der Waals surface area (Å²) in [4.78, 5) is 37.3. The number of unbranched alkanes of at least 4 members (excludes halogenated alkanes) is 1. The maximum absolute atomic E-state index is 12.3. The van der Waals surface area contributed by atoms with Gasteiger partial charge in [0.25, 0.3) is 0 Å². The van der Waals surface area contributed by atoms with Gasteiger partial charge in [-0.2, -0.15) is 0 Å². The summed E-state index contributed by atoms with van der Waals surface area (Å²) in [6.45, 7) is 2.16. The number of para-hydroxylation sites is 1. The molecule has 6 nitrogen and oxygen atoms in total. The van der Waals surface area contributed by atoms with Crippen molar-refractivity contribution in [2.45, 2.75) is 38.6 Å². The van der Waals surface area contributed by atoms with Crippen molar-refractivity contribution in [2.75, 3.05) is 11.4 Å². The maximum Gasteiger partial charge on any atom is 0.326 e. The van der Waals surface area contributed by atoms with E-state index in [9.17, 15) is 19.5 Å². The van der Waals surface area contributed by atoms with Crippen LogP contribution < -0.4 is 10.2 Å². The topological polar surface area (TPSA) is 86.7 Å². The first-order chi connectivity index (χ1) is 11.4. The molecule has 2 atom stereocenters. The van der Waals surface area contributed by atoms with E-state index >= 15 is 0 Å². The van der Waals surface area contributed by atoms with Gasteiger partial charge in [0.2, 0.25) is 11.8 Å². The summed E-state index contributed by atoms with van der Waals surface area (Å²) in [6, 6.07) is 6.03. The van der Waals surface area contributed by atoms with Crippen LogP contribution in [-0.4, -0.2) is 35.5 Å². The van der Waals surface area contributed by atoms with E-state index in [1.165, 1.54) is 4.90 Å². The van der Waals surface area contributed by atoms with Crippen LogP contribution in [0.15, 0.2) is 24.3 Å². The highest BCUT2D eigenvalue weighted by molar-refractivity contribution is 6.33. The molecule has 1 aromatic rings. The zero-order valence-corrected chi connectivity index (χ0v) is 14.3. The number of carboxylic acid groups (broad SMARTS) is 1. The van der Waals surface area contributed by atoms with E-state index < -0.39 is 23.8 Å². The highest BCUT2D eigenvalue weighted by atomic mass is 35.5. The van der Waals surface area contributed by atoms with Gasteiger partial charge in [0.1, 0.15) is 6.04 Å². The lowest BCUT2D eigenvalue weighted by atomic mass is 10.1. The fourth-order valence-corrected chi connectivity index (χ4v) is 2.98. The van der Waals surface area contributed by atoms with E-state index in [1.807, 2.05) is 6.92 Å². The van der Waals surface area contributed by atoms with E-state index in [-0.39, 0.29) is 18.9 Å². The van der Waals surface area contributed by atoms with Crippen molar-refractivity contribution in [2.24, 2.45) is 5.92 Å². The molecule has 2 N–H and O–H groups in total. The van der Waals surface area contributed by atoms with Gasteiger partial charge in [-0.3, -0.25) is 9.59 Å². The van der Waals surface area contributed by atoms with Gasteiger partial charge in [0, 0.05) is 13.0 Å². The molecular formula is C17H21ClN2O4. The van der Waals surface area contributed by atoms with Crippen LogP contribution in [0.1, 0.15) is 32.6 Å². The summed E-state index contributed by atoms with van der Waals surface area (Å²) < 4.78 is 0. The second kappa shape index (κ2) is 8.15. The highest BCUT2D eigenvalue weighted by Gasteiger charge is 2.37. The first kappa shape index (κ1) is 18.3. The Kier molecular flexibility index (Phi) is 6.20. The second-order valence-corrected chi connectivity index (χ2v) is 6.31. The molecule has 1 aliphatic heterocycles. The second-order valence-electron chi connectivity index (χ2n) is 5.90. The zero-order chi connectivity index (χ0) is 17.7. The van der Waals surface area contributed by atoms with Crippen LogP contribution in [0.3, 0.4) is 0 Å². The van der Waals surface area contributed by atoms with Gasteiger partial charge >= 0.3 is 5.97 Å². The number of rotatable bonds is 7. The molecule has 24 heavy (non-hydrogen) atoms. The average Bonchev–Trinajstić information content (AvgIpc) is 2.93. The molecule has 0 spiro atoms. The Labute approximate surface area is 145 Å². The molecule has 1 unspecified atom stereocenters. The molecule has 1 aliphatic rings. The number of carbonyl (C=O) groups is 3. The van der Waals surface area contributed by atoms with E-state index in [4.69, 9.17) is 11.6 Å². The van der Waals surface area contributed by atoms with E-state index in [2.05, 4.69) is 5.32 Å². The lowest BCUT2D eigenvalue weighted by Gasteiger charge is -2.19. The van der Waals surface area contributed by atoms with Gasteiger partial charge < -0.3 is 15.3 Å². The molecule has 0 aromatic heterocycles. The van der Waals surface area contributed by atoms with Crippen molar-refractivity contribution in [3.8, 4) is 0 Å². The number of benzene rings is 1. The molecule has 1 heterocycles. The molecule has 7 heteroatoms. The quantitative estimate of drug-likeness (QED) is 0.789. The number of nitrogens with zero attached hydrogens (tertiary/aromatic N) is 1. The molecule has 1 aromatic carbocycles. The predicted octanol–water partition coefficient (Wildman–Crippen LogP) is 2.45. The molecule has 0 aliphatic carbocycles. The predicted molar refractivity (Wildman–Crippen MR) is 91.0 cm³/mol. The largest absolute Gasteiger partial charge is 0.480 e. The van der Waals surface area contributed by atoms with Crippen molar-refractivity contribution >= 4 is 35.1 Å². The van der Waals surface area contributed by atoms with Gasteiger partial charge in [-0.1, -0.05) is 43.5 Å². The third kappa shape index (κ3) is 4.26. The Hall–Kier alpha value is -2.08. The molecule has 0 saturated carbocycles. The molecule has 0 radical (unpaired) electrons.